The van der Waals surface area contributed by atoms with Gasteiger partial charge in [0.25, 0.3) is 0 Å². The molecule has 0 N–H and O–H groups in total. The Labute approximate surface area is 134 Å². The summed E-state index contributed by atoms with van der Waals surface area (Å²) in [5.74, 6) is 2.44. The molecule has 0 atom stereocenters. The van der Waals surface area contributed by atoms with Gasteiger partial charge in [-0.1, -0.05) is 29.4 Å². The Kier molecular flexibility index (Phi) is 7.78. The van der Waals surface area contributed by atoms with Gasteiger partial charge in [0.15, 0.2) is 10.3 Å². The number of rotatable bonds is 2. The van der Waals surface area contributed by atoms with Crippen molar-refractivity contribution in [3.8, 4) is 12.3 Å². The third-order valence-electron chi connectivity index (χ3n) is 1.75. The topological polar surface area (TPSA) is 51.6 Å². The molecule has 19 heavy (non-hydrogen) atoms. The molecule has 0 bridgehead atoms. The van der Waals surface area contributed by atoms with Crippen LogP contribution in [-0.4, -0.2) is 32.4 Å². The number of nitrogens with zero attached hydrogens (tertiary/aromatic N) is 4. The quantitative estimate of drug-likeness (QED) is 0.253. The number of thioether (sulfide) groups is 2. The predicted molar refractivity (Wildman–Crippen MR) is 88.3 cm³/mol. The molecule has 0 radical (unpaired) electrons. The summed E-state index contributed by atoms with van der Waals surface area (Å²) in [6, 6.07) is 3.58. The Balaban J connectivity index is 0.000000191. The maximum atomic E-state index is 5.12. The Bertz CT molecular complexity index is 572. The van der Waals surface area contributed by atoms with E-state index in [-0.39, 0.29) is 0 Å². The molecule has 2 aromatic heterocycles. The molecule has 0 spiro atoms. The van der Waals surface area contributed by atoms with Crippen LogP contribution in [-0.2, 0) is 0 Å². The summed E-state index contributed by atoms with van der Waals surface area (Å²) in [4.78, 5) is 16.1. The van der Waals surface area contributed by atoms with Gasteiger partial charge < -0.3 is 0 Å². The summed E-state index contributed by atoms with van der Waals surface area (Å²) in [7, 11) is 0. The zero-order chi connectivity index (χ0) is 14.1. The summed E-state index contributed by atoms with van der Waals surface area (Å²) in [5.41, 5.74) is 0.638. The van der Waals surface area contributed by atoms with E-state index in [9.17, 15) is 0 Å². The zero-order valence-corrected chi connectivity index (χ0v) is 14.2. The van der Waals surface area contributed by atoms with E-state index in [2.05, 4.69) is 48.4 Å². The number of halogens is 1. The molecule has 98 valence electrons. The zero-order valence-electron chi connectivity index (χ0n) is 10.4. The Morgan fingerprint density at radius 1 is 1.05 bits per heavy atom. The number of hydrogen-bond donors (Lipinski definition) is 0. The van der Waals surface area contributed by atoms with Crippen molar-refractivity contribution < 1.29 is 0 Å². The first-order valence-electron chi connectivity index (χ1n) is 5.05. The maximum absolute atomic E-state index is 5.12. The average molecular weight is 402 g/mol. The van der Waals surface area contributed by atoms with Gasteiger partial charge in [0.05, 0.1) is 0 Å². The fourth-order valence-corrected chi connectivity index (χ4v) is 2.20. The van der Waals surface area contributed by atoms with Crippen molar-refractivity contribution in [3.63, 3.8) is 0 Å². The Morgan fingerprint density at radius 2 is 1.63 bits per heavy atom. The highest BCUT2D eigenvalue weighted by Crippen LogP contribution is 2.08. The summed E-state index contributed by atoms with van der Waals surface area (Å²) < 4.78 is 0.993. The van der Waals surface area contributed by atoms with Gasteiger partial charge in [-0.15, -0.1) is 6.42 Å². The van der Waals surface area contributed by atoms with Crippen LogP contribution in [0.5, 0.6) is 0 Å². The fourth-order valence-electron chi connectivity index (χ4n) is 0.938. The van der Waals surface area contributed by atoms with Crippen LogP contribution in [0.15, 0.2) is 34.8 Å². The summed E-state index contributed by atoms with van der Waals surface area (Å²) in [5, 5.41) is 1.55. The predicted octanol–water partition coefficient (Wildman–Crippen LogP) is 2.98. The van der Waals surface area contributed by atoms with Gasteiger partial charge in [0.2, 0.25) is 0 Å². The number of aromatic nitrogens is 4. The van der Waals surface area contributed by atoms with Crippen LogP contribution < -0.4 is 0 Å². The molecular formula is C12H11IN4S2. The van der Waals surface area contributed by atoms with Crippen LogP contribution in [0.4, 0.5) is 0 Å². The summed E-state index contributed by atoms with van der Waals surface area (Å²) in [6.07, 6.45) is 12.4. The first kappa shape index (κ1) is 16.2. The van der Waals surface area contributed by atoms with Crippen LogP contribution in [0.3, 0.4) is 0 Å². The minimum atomic E-state index is 0.638. The molecule has 0 aliphatic rings. The highest BCUT2D eigenvalue weighted by Gasteiger charge is 1.92. The van der Waals surface area contributed by atoms with Crippen molar-refractivity contribution in [2.45, 2.75) is 10.3 Å². The summed E-state index contributed by atoms with van der Waals surface area (Å²) >= 11 is 5.20. The van der Waals surface area contributed by atoms with E-state index in [1.807, 2.05) is 18.6 Å². The smallest absolute Gasteiger partial charge is 0.188 e. The molecule has 0 aliphatic heterocycles. The maximum Gasteiger partial charge on any atom is 0.188 e. The van der Waals surface area contributed by atoms with Crippen LogP contribution in [0.1, 0.15) is 5.69 Å². The van der Waals surface area contributed by atoms with E-state index in [0.717, 1.165) is 14.0 Å². The van der Waals surface area contributed by atoms with Gasteiger partial charge in [0, 0.05) is 12.4 Å². The lowest BCUT2D eigenvalue weighted by Crippen LogP contribution is -1.87. The molecule has 0 aliphatic carbocycles. The Morgan fingerprint density at radius 3 is 2.11 bits per heavy atom. The van der Waals surface area contributed by atoms with Crippen LogP contribution in [0.2, 0.25) is 0 Å². The second kappa shape index (κ2) is 9.12. The normalized spacial score (nSPS) is 9.16. The van der Waals surface area contributed by atoms with Gasteiger partial charge in [-0.05, 0) is 47.2 Å². The largest absolute Gasteiger partial charge is 0.231 e. The van der Waals surface area contributed by atoms with E-state index >= 15 is 0 Å². The van der Waals surface area contributed by atoms with Crippen molar-refractivity contribution in [1.82, 2.24) is 19.9 Å². The van der Waals surface area contributed by atoms with E-state index in [1.165, 1.54) is 11.8 Å². The van der Waals surface area contributed by atoms with E-state index in [4.69, 9.17) is 6.42 Å². The Hall–Kier alpha value is -0.850. The summed E-state index contributed by atoms with van der Waals surface area (Å²) in [6.45, 7) is 0. The van der Waals surface area contributed by atoms with E-state index < -0.39 is 0 Å². The molecular weight excluding hydrogens is 391 g/mol. The molecule has 0 amide bonds. The van der Waals surface area contributed by atoms with Crippen LogP contribution >= 0.6 is 46.1 Å². The van der Waals surface area contributed by atoms with Gasteiger partial charge in [-0.25, -0.2) is 19.9 Å². The molecule has 2 aromatic rings. The molecule has 0 fully saturated rings. The lowest BCUT2D eigenvalue weighted by Gasteiger charge is -1.92. The lowest BCUT2D eigenvalue weighted by atomic mass is 10.4. The first-order valence-corrected chi connectivity index (χ1v) is 8.58. The van der Waals surface area contributed by atoms with Crippen LogP contribution in [0, 0.1) is 16.0 Å². The van der Waals surface area contributed by atoms with Gasteiger partial charge in [0.1, 0.15) is 9.39 Å². The minimum absolute atomic E-state index is 0.638. The molecule has 4 nitrogen and oxygen atoms in total. The molecule has 0 aromatic carbocycles. The molecule has 0 saturated heterocycles. The highest BCUT2D eigenvalue weighted by molar-refractivity contribution is 14.1. The second-order valence-electron chi connectivity index (χ2n) is 2.94. The van der Waals surface area contributed by atoms with Crippen molar-refractivity contribution in [3.05, 3.63) is 33.9 Å². The number of terminal acetylenes is 1. The van der Waals surface area contributed by atoms with Gasteiger partial charge in [-0.2, -0.15) is 0 Å². The lowest BCUT2D eigenvalue weighted by molar-refractivity contribution is 0.949. The SMILES string of the molecule is C#Cc1ccnc(SC)n1.CSc1nccc(I)n1. The molecule has 7 heteroatoms. The monoisotopic (exact) mass is 402 g/mol. The first-order chi connectivity index (χ1) is 9.19. The van der Waals surface area contributed by atoms with Gasteiger partial charge in [-0.3, -0.25) is 0 Å². The molecule has 0 unspecified atom stereocenters. The fraction of sp³-hybridized carbons (Fsp3) is 0.167. The highest BCUT2D eigenvalue weighted by atomic mass is 127. The number of hydrogen-bond acceptors (Lipinski definition) is 6. The van der Waals surface area contributed by atoms with E-state index in [0.29, 0.717) is 5.69 Å². The third kappa shape index (κ3) is 6.22. The molecule has 2 heterocycles. The second-order valence-corrected chi connectivity index (χ2v) is 5.59. The van der Waals surface area contributed by atoms with Crippen molar-refractivity contribution >= 4 is 46.1 Å². The van der Waals surface area contributed by atoms with Crippen LogP contribution in [0.25, 0.3) is 0 Å². The van der Waals surface area contributed by atoms with E-state index in [1.54, 1.807) is 30.2 Å². The standard InChI is InChI=1S/C7H6N2S.C5H5IN2S/c1-3-6-4-5-8-7(9-6)10-2;1-9-5-7-3-2-4(6)8-5/h1,4-5H,2H3;2-3H,1H3. The molecule has 2 rings (SSSR count). The minimum Gasteiger partial charge on any atom is -0.231 e. The third-order valence-corrected chi connectivity index (χ3v) is 3.47. The molecule has 0 saturated carbocycles. The van der Waals surface area contributed by atoms with Crippen molar-refractivity contribution in [1.29, 1.82) is 0 Å². The average Bonchev–Trinajstić information content (AvgIpc) is 2.48. The van der Waals surface area contributed by atoms with Gasteiger partial charge >= 0.3 is 0 Å². The van der Waals surface area contributed by atoms with Crippen molar-refractivity contribution in [2.75, 3.05) is 12.5 Å². The van der Waals surface area contributed by atoms with Crippen molar-refractivity contribution in [2.24, 2.45) is 0 Å².